The van der Waals surface area contributed by atoms with Gasteiger partial charge in [-0.25, -0.2) is 0 Å². The van der Waals surface area contributed by atoms with Crippen LogP contribution in [0.4, 0.5) is 0 Å². The molecule has 3 fully saturated rings. The maximum Gasteiger partial charge on any atom is 0.120 e. The Morgan fingerprint density at radius 1 is 1.38 bits per heavy atom. The molecule has 0 unspecified atom stereocenters. The summed E-state index contributed by atoms with van der Waals surface area (Å²) in [5.74, 6) is 0.828. The van der Waals surface area contributed by atoms with Gasteiger partial charge >= 0.3 is 0 Å². The summed E-state index contributed by atoms with van der Waals surface area (Å²) in [7, 11) is 1.66. The molecule has 16 heavy (non-hydrogen) atoms. The van der Waals surface area contributed by atoms with E-state index in [4.69, 9.17) is 22.1 Å². The molecule has 3 aliphatic rings. The van der Waals surface area contributed by atoms with Crippen LogP contribution >= 0.6 is 11.6 Å². The average Bonchev–Trinajstić information content (AvgIpc) is 2.17. The maximum atomic E-state index is 6.31. The lowest BCUT2D eigenvalue weighted by atomic mass is 9.33. The van der Waals surface area contributed by atoms with E-state index in [2.05, 4.69) is 6.07 Å². The highest BCUT2D eigenvalue weighted by Crippen LogP contribution is 2.73. The van der Waals surface area contributed by atoms with E-state index in [1.165, 1.54) is 24.8 Å². The molecule has 3 saturated carbocycles. The van der Waals surface area contributed by atoms with E-state index in [0.717, 1.165) is 17.3 Å². The Morgan fingerprint density at radius 3 is 2.56 bits per heavy atom. The summed E-state index contributed by atoms with van der Waals surface area (Å²) in [5.41, 5.74) is 7.84. The normalized spacial score (nSPS) is 35.2. The van der Waals surface area contributed by atoms with Crippen molar-refractivity contribution in [2.24, 2.45) is 11.1 Å². The predicted octanol–water partition coefficient (Wildman–Crippen LogP) is 2.73. The quantitative estimate of drug-likeness (QED) is 0.878. The van der Waals surface area contributed by atoms with Crippen LogP contribution in [-0.2, 0) is 5.41 Å². The second-order valence-corrected chi connectivity index (χ2v) is 5.77. The molecule has 0 radical (unpaired) electrons. The summed E-state index contributed by atoms with van der Waals surface area (Å²) >= 11 is 6.31. The fourth-order valence-electron chi connectivity index (χ4n) is 3.55. The zero-order chi connectivity index (χ0) is 11.4. The first-order valence-electron chi connectivity index (χ1n) is 5.67. The van der Waals surface area contributed by atoms with Crippen molar-refractivity contribution in [3.63, 3.8) is 0 Å². The highest BCUT2D eigenvalue weighted by Gasteiger charge is 2.67. The second kappa shape index (κ2) is 3.14. The third-order valence-electron chi connectivity index (χ3n) is 4.32. The molecule has 2 bridgehead atoms. The average molecular weight is 238 g/mol. The standard InChI is InChI=1S/C13H16ClNO/c1-16-9-2-3-10(11(14)4-9)13-5-12(6-13,7-13)8-15/h2-4H,5-8,15H2,1H3. The number of halogens is 1. The van der Waals surface area contributed by atoms with Crippen molar-refractivity contribution in [1.82, 2.24) is 0 Å². The summed E-state index contributed by atoms with van der Waals surface area (Å²) < 4.78 is 5.16. The van der Waals surface area contributed by atoms with Crippen molar-refractivity contribution in [3.05, 3.63) is 28.8 Å². The second-order valence-electron chi connectivity index (χ2n) is 5.36. The number of hydrogen-bond acceptors (Lipinski definition) is 2. The molecule has 0 heterocycles. The molecule has 0 amide bonds. The molecule has 3 heteroatoms. The van der Waals surface area contributed by atoms with Crippen LogP contribution in [-0.4, -0.2) is 13.7 Å². The van der Waals surface area contributed by atoms with Gasteiger partial charge in [-0.3, -0.25) is 0 Å². The number of ether oxygens (including phenoxy) is 1. The molecule has 2 nitrogen and oxygen atoms in total. The zero-order valence-corrected chi connectivity index (χ0v) is 10.2. The first kappa shape index (κ1) is 10.4. The van der Waals surface area contributed by atoms with E-state index in [0.29, 0.717) is 10.8 Å². The van der Waals surface area contributed by atoms with Gasteiger partial charge in [-0.15, -0.1) is 0 Å². The Hall–Kier alpha value is -0.730. The molecule has 0 aromatic heterocycles. The Morgan fingerprint density at radius 2 is 2.06 bits per heavy atom. The van der Waals surface area contributed by atoms with Crippen LogP contribution in [0.1, 0.15) is 24.8 Å². The Bertz CT molecular complexity index is 424. The minimum Gasteiger partial charge on any atom is -0.497 e. The van der Waals surface area contributed by atoms with E-state index < -0.39 is 0 Å². The molecule has 4 rings (SSSR count). The third-order valence-corrected chi connectivity index (χ3v) is 4.63. The molecule has 0 saturated heterocycles. The van der Waals surface area contributed by atoms with E-state index in [1.54, 1.807) is 7.11 Å². The molecule has 1 aromatic carbocycles. The van der Waals surface area contributed by atoms with Crippen molar-refractivity contribution >= 4 is 11.6 Å². The smallest absolute Gasteiger partial charge is 0.120 e. The highest BCUT2D eigenvalue weighted by molar-refractivity contribution is 6.31. The van der Waals surface area contributed by atoms with E-state index >= 15 is 0 Å². The Labute approximate surface area is 101 Å². The lowest BCUT2D eigenvalue weighted by Crippen LogP contribution is -2.67. The summed E-state index contributed by atoms with van der Waals surface area (Å²) in [4.78, 5) is 0. The monoisotopic (exact) mass is 237 g/mol. The predicted molar refractivity (Wildman–Crippen MR) is 65.0 cm³/mol. The summed E-state index contributed by atoms with van der Waals surface area (Å²) in [6.07, 6.45) is 3.63. The van der Waals surface area contributed by atoms with Gasteiger partial charge in [0.1, 0.15) is 5.75 Å². The number of benzene rings is 1. The molecule has 1 aromatic rings. The Balaban J connectivity index is 1.87. The minimum absolute atomic E-state index is 0.336. The van der Waals surface area contributed by atoms with E-state index in [9.17, 15) is 0 Å². The van der Waals surface area contributed by atoms with Crippen molar-refractivity contribution < 1.29 is 4.74 Å². The van der Waals surface area contributed by atoms with Gasteiger partial charge in [-0.1, -0.05) is 17.7 Å². The van der Waals surface area contributed by atoms with Crippen LogP contribution in [0.2, 0.25) is 5.02 Å². The molecular weight excluding hydrogens is 222 g/mol. The van der Waals surface area contributed by atoms with Gasteiger partial charge in [-0.2, -0.15) is 0 Å². The molecular formula is C13H16ClNO. The number of methoxy groups -OCH3 is 1. The van der Waals surface area contributed by atoms with Crippen LogP contribution in [0.5, 0.6) is 5.75 Å². The molecule has 2 N–H and O–H groups in total. The maximum absolute atomic E-state index is 6.31. The minimum atomic E-state index is 0.336. The van der Waals surface area contributed by atoms with Crippen molar-refractivity contribution in [3.8, 4) is 5.75 Å². The summed E-state index contributed by atoms with van der Waals surface area (Å²) in [6.45, 7) is 0.822. The van der Waals surface area contributed by atoms with E-state index in [1.807, 2.05) is 12.1 Å². The lowest BCUT2D eigenvalue weighted by molar-refractivity contribution is -0.132. The molecule has 86 valence electrons. The van der Waals surface area contributed by atoms with Crippen LogP contribution < -0.4 is 10.5 Å². The fourth-order valence-corrected chi connectivity index (χ4v) is 3.92. The molecule has 0 atom stereocenters. The molecule has 3 aliphatic carbocycles. The Kier molecular flexibility index (Phi) is 2.05. The first-order valence-corrected chi connectivity index (χ1v) is 6.05. The number of rotatable bonds is 3. The van der Waals surface area contributed by atoms with Crippen LogP contribution in [0, 0.1) is 5.41 Å². The first-order chi connectivity index (χ1) is 7.63. The summed E-state index contributed by atoms with van der Waals surface area (Å²) in [5, 5.41) is 0.838. The molecule has 0 spiro atoms. The van der Waals surface area contributed by atoms with Crippen LogP contribution in [0.15, 0.2) is 18.2 Å². The van der Waals surface area contributed by atoms with Crippen molar-refractivity contribution in [1.29, 1.82) is 0 Å². The van der Waals surface area contributed by atoms with Gasteiger partial charge < -0.3 is 10.5 Å². The topological polar surface area (TPSA) is 35.2 Å². The summed E-state index contributed by atoms with van der Waals surface area (Å²) in [6, 6.07) is 6.02. The van der Waals surface area contributed by atoms with E-state index in [-0.39, 0.29) is 0 Å². The van der Waals surface area contributed by atoms with Gasteiger partial charge in [-0.05, 0) is 54.3 Å². The van der Waals surface area contributed by atoms with Gasteiger partial charge in [0.15, 0.2) is 0 Å². The zero-order valence-electron chi connectivity index (χ0n) is 9.42. The number of hydrogen-bond donors (Lipinski definition) is 1. The van der Waals surface area contributed by atoms with Gasteiger partial charge in [0.2, 0.25) is 0 Å². The van der Waals surface area contributed by atoms with Crippen LogP contribution in [0.3, 0.4) is 0 Å². The van der Waals surface area contributed by atoms with Crippen molar-refractivity contribution in [2.75, 3.05) is 13.7 Å². The largest absolute Gasteiger partial charge is 0.497 e. The number of nitrogens with two attached hydrogens (primary N) is 1. The lowest BCUT2D eigenvalue weighted by Gasteiger charge is -2.71. The highest BCUT2D eigenvalue weighted by atomic mass is 35.5. The van der Waals surface area contributed by atoms with Crippen LogP contribution in [0.25, 0.3) is 0 Å². The van der Waals surface area contributed by atoms with Gasteiger partial charge in [0.05, 0.1) is 7.11 Å². The van der Waals surface area contributed by atoms with Gasteiger partial charge in [0.25, 0.3) is 0 Å². The molecule has 0 aliphatic heterocycles. The van der Waals surface area contributed by atoms with Crippen molar-refractivity contribution in [2.45, 2.75) is 24.7 Å². The van der Waals surface area contributed by atoms with Gasteiger partial charge in [0, 0.05) is 5.02 Å². The SMILES string of the molecule is COc1ccc(C23CC(CN)(C2)C3)c(Cl)c1. The third kappa shape index (κ3) is 1.17. The fraction of sp³-hybridized carbons (Fsp3) is 0.538.